The standard InChI is InChI=1S/C15H11FN2O2/c16-13-6-2-1-4-12(13)10-17-9-8-11-5-3-7-14(15(11)17)18(19)20/h1-9H,10H2. The maximum absolute atomic E-state index is 13.7. The summed E-state index contributed by atoms with van der Waals surface area (Å²) in [6, 6.07) is 13.1. The zero-order valence-corrected chi connectivity index (χ0v) is 10.5. The average molecular weight is 270 g/mol. The molecule has 100 valence electrons. The summed E-state index contributed by atoms with van der Waals surface area (Å²) in [6.45, 7) is 0.265. The summed E-state index contributed by atoms with van der Waals surface area (Å²) < 4.78 is 15.4. The molecule has 5 heteroatoms. The molecule has 0 aliphatic carbocycles. The molecule has 0 bridgehead atoms. The Kier molecular flexibility index (Phi) is 2.95. The lowest BCUT2D eigenvalue weighted by molar-refractivity contribution is -0.383. The number of nitro groups is 1. The van der Waals surface area contributed by atoms with Crippen LogP contribution in [0.4, 0.5) is 10.1 Å². The predicted molar refractivity (Wildman–Crippen MR) is 74.1 cm³/mol. The van der Waals surface area contributed by atoms with Gasteiger partial charge in [-0.15, -0.1) is 0 Å². The fourth-order valence-electron chi connectivity index (χ4n) is 2.33. The molecule has 20 heavy (non-hydrogen) atoms. The van der Waals surface area contributed by atoms with Crippen LogP contribution in [0.2, 0.25) is 0 Å². The maximum Gasteiger partial charge on any atom is 0.293 e. The van der Waals surface area contributed by atoms with Gasteiger partial charge in [-0.25, -0.2) is 4.39 Å². The molecular formula is C15H11FN2O2. The van der Waals surface area contributed by atoms with E-state index >= 15 is 0 Å². The fraction of sp³-hybridized carbons (Fsp3) is 0.0667. The van der Waals surface area contributed by atoms with Crippen molar-refractivity contribution < 1.29 is 9.31 Å². The van der Waals surface area contributed by atoms with Crippen molar-refractivity contribution in [3.05, 3.63) is 76.2 Å². The number of halogens is 1. The molecule has 0 aliphatic rings. The minimum atomic E-state index is -0.416. The number of nitrogens with zero attached hydrogens (tertiary/aromatic N) is 2. The smallest absolute Gasteiger partial charge is 0.293 e. The van der Waals surface area contributed by atoms with Crippen LogP contribution < -0.4 is 0 Å². The highest BCUT2D eigenvalue weighted by Crippen LogP contribution is 2.27. The number of benzene rings is 2. The van der Waals surface area contributed by atoms with E-state index in [0.29, 0.717) is 11.1 Å². The number of nitro benzene ring substituents is 1. The molecule has 1 heterocycles. The minimum absolute atomic E-state index is 0.0313. The third-order valence-corrected chi connectivity index (χ3v) is 3.26. The summed E-state index contributed by atoms with van der Waals surface area (Å²) in [7, 11) is 0. The lowest BCUT2D eigenvalue weighted by Crippen LogP contribution is -2.02. The lowest BCUT2D eigenvalue weighted by atomic mass is 10.2. The molecule has 0 saturated heterocycles. The highest BCUT2D eigenvalue weighted by molar-refractivity contribution is 5.88. The van der Waals surface area contributed by atoms with Gasteiger partial charge in [-0.2, -0.15) is 0 Å². The number of aromatic nitrogens is 1. The van der Waals surface area contributed by atoms with Crippen molar-refractivity contribution in [3.63, 3.8) is 0 Å². The third-order valence-electron chi connectivity index (χ3n) is 3.26. The Balaban J connectivity index is 2.13. The van der Waals surface area contributed by atoms with E-state index in [4.69, 9.17) is 0 Å². The van der Waals surface area contributed by atoms with Crippen LogP contribution in [0.25, 0.3) is 10.9 Å². The van der Waals surface area contributed by atoms with Crippen molar-refractivity contribution in [3.8, 4) is 0 Å². The van der Waals surface area contributed by atoms with E-state index in [0.717, 1.165) is 5.39 Å². The van der Waals surface area contributed by atoms with Gasteiger partial charge >= 0.3 is 0 Å². The highest BCUT2D eigenvalue weighted by atomic mass is 19.1. The Morgan fingerprint density at radius 3 is 2.65 bits per heavy atom. The second kappa shape index (κ2) is 4.77. The first kappa shape index (κ1) is 12.3. The quantitative estimate of drug-likeness (QED) is 0.537. The molecule has 0 aliphatic heterocycles. The molecule has 0 fully saturated rings. The number of para-hydroxylation sites is 1. The van der Waals surface area contributed by atoms with Crippen LogP contribution in [0, 0.1) is 15.9 Å². The lowest BCUT2D eigenvalue weighted by Gasteiger charge is -2.07. The van der Waals surface area contributed by atoms with E-state index in [2.05, 4.69) is 0 Å². The molecule has 0 spiro atoms. The number of fused-ring (bicyclic) bond motifs is 1. The molecule has 4 nitrogen and oxygen atoms in total. The minimum Gasteiger partial charge on any atom is -0.337 e. The van der Waals surface area contributed by atoms with Crippen molar-refractivity contribution in [2.24, 2.45) is 0 Å². The van der Waals surface area contributed by atoms with Crippen LogP contribution in [0.15, 0.2) is 54.7 Å². The SMILES string of the molecule is O=[N+]([O-])c1cccc2ccn(Cc3ccccc3F)c12. The van der Waals surface area contributed by atoms with Gasteiger partial charge in [0, 0.05) is 23.2 Å². The van der Waals surface area contributed by atoms with Crippen LogP contribution >= 0.6 is 0 Å². The molecular weight excluding hydrogens is 259 g/mol. The van der Waals surface area contributed by atoms with Gasteiger partial charge in [0.25, 0.3) is 5.69 Å². The third kappa shape index (κ3) is 2.03. The van der Waals surface area contributed by atoms with E-state index in [-0.39, 0.29) is 18.0 Å². The summed E-state index contributed by atoms with van der Waals surface area (Å²) in [5.74, 6) is -0.312. The molecule has 3 aromatic rings. The molecule has 1 aromatic heterocycles. The monoisotopic (exact) mass is 270 g/mol. The van der Waals surface area contributed by atoms with Gasteiger partial charge < -0.3 is 4.57 Å². The molecule has 0 atom stereocenters. The second-order valence-corrected chi connectivity index (χ2v) is 4.51. The molecule has 0 saturated carbocycles. The predicted octanol–water partition coefficient (Wildman–Crippen LogP) is 3.74. The van der Waals surface area contributed by atoms with E-state index in [1.165, 1.54) is 12.1 Å². The largest absolute Gasteiger partial charge is 0.337 e. The number of hydrogen-bond acceptors (Lipinski definition) is 2. The van der Waals surface area contributed by atoms with Gasteiger partial charge in [0.05, 0.1) is 11.5 Å². The average Bonchev–Trinajstić information content (AvgIpc) is 2.84. The molecule has 2 aromatic carbocycles. The summed E-state index contributed by atoms with van der Waals surface area (Å²) in [6.07, 6.45) is 1.74. The molecule has 3 rings (SSSR count). The van der Waals surface area contributed by atoms with Crippen LogP contribution in [0.1, 0.15) is 5.56 Å². The Morgan fingerprint density at radius 1 is 1.10 bits per heavy atom. The second-order valence-electron chi connectivity index (χ2n) is 4.51. The Bertz CT molecular complexity index is 795. The zero-order valence-electron chi connectivity index (χ0n) is 10.5. The van der Waals surface area contributed by atoms with E-state index in [1.54, 1.807) is 47.2 Å². The summed E-state index contributed by atoms with van der Waals surface area (Å²) in [4.78, 5) is 10.7. The molecule has 0 unspecified atom stereocenters. The van der Waals surface area contributed by atoms with E-state index in [9.17, 15) is 14.5 Å². The van der Waals surface area contributed by atoms with E-state index < -0.39 is 4.92 Å². The molecule has 0 radical (unpaired) electrons. The summed E-state index contributed by atoms with van der Waals surface area (Å²) >= 11 is 0. The zero-order chi connectivity index (χ0) is 14.1. The molecule has 0 amide bonds. The Morgan fingerprint density at radius 2 is 1.90 bits per heavy atom. The molecule has 0 N–H and O–H groups in total. The maximum atomic E-state index is 13.7. The first-order chi connectivity index (χ1) is 9.66. The summed E-state index contributed by atoms with van der Waals surface area (Å²) in [5, 5.41) is 11.9. The van der Waals surface area contributed by atoms with Crippen molar-refractivity contribution in [2.45, 2.75) is 6.54 Å². The van der Waals surface area contributed by atoms with Gasteiger partial charge in [0.2, 0.25) is 0 Å². The van der Waals surface area contributed by atoms with Crippen LogP contribution in [0.3, 0.4) is 0 Å². The number of rotatable bonds is 3. The van der Waals surface area contributed by atoms with Gasteiger partial charge in [0.1, 0.15) is 11.3 Å². The first-order valence-electron chi connectivity index (χ1n) is 6.12. The normalized spacial score (nSPS) is 10.8. The van der Waals surface area contributed by atoms with Crippen LogP contribution in [-0.2, 0) is 6.54 Å². The van der Waals surface area contributed by atoms with Crippen LogP contribution in [-0.4, -0.2) is 9.49 Å². The van der Waals surface area contributed by atoms with Crippen molar-refractivity contribution in [2.75, 3.05) is 0 Å². The van der Waals surface area contributed by atoms with Crippen molar-refractivity contribution in [1.82, 2.24) is 4.57 Å². The van der Waals surface area contributed by atoms with Gasteiger partial charge in [0.15, 0.2) is 0 Å². The number of hydrogen-bond donors (Lipinski definition) is 0. The van der Waals surface area contributed by atoms with Gasteiger partial charge in [-0.05, 0) is 12.1 Å². The Labute approximate surface area is 114 Å². The van der Waals surface area contributed by atoms with Crippen molar-refractivity contribution >= 4 is 16.6 Å². The highest BCUT2D eigenvalue weighted by Gasteiger charge is 2.15. The Hall–Kier alpha value is -2.69. The van der Waals surface area contributed by atoms with Gasteiger partial charge in [-0.1, -0.05) is 30.3 Å². The van der Waals surface area contributed by atoms with Crippen molar-refractivity contribution in [1.29, 1.82) is 0 Å². The number of non-ortho nitro benzene ring substituents is 1. The fourth-order valence-corrected chi connectivity index (χ4v) is 2.33. The topological polar surface area (TPSA) is 48.1 Å². The van der Waals surface area contributed by atoms with E-state index in [1.807, 2.05) is 0 Å². The van der Waals surface area contributed by atoms with Crippen LogP contribution in [0.5, 0.6) is 0 Å². The first-order valence-corrected chi connectivity index (χ1v) is 6.12. The van der Waals surface area contributed by atoms with Gasteiger partial charge in [-0.3, -0.25) is 10.1 Å². The summed E-state index contributed by atoms with van der Waals surface area (Å²) in [5.41, 5.74) is 1.05.